The molecule has 2 N–H and O–H groups in total. The average Bonchev–Trinajstić information content (AvgIpc) is 3.06. The zero-order chi connectivity index (χ0) is 22.5. The number of carbonyl (C=O) groups excluding carboxylic acids is 1. The van der Waals surface area contributed by atoms with E-state index in [9.17, 15) is 9.18 Å². The molecular weight excluding hydrogens is 403 g/mol. The van der Waals surface area contributed by atoms with Crippen molar-refractivity contribution in [3.8, 4) is 0 Å². The summed E-state index contributed by atoms with van der Waals surface area (Å²) in [6.45, 7) is 4.79. The van der Waals surface area contributed by atoms with Crippen molar-refractivity contribution in [1.82, 2.24) is 9.99 Å². The molecule has 0 aliphatic heterocycles. The van der Waals surface area contributed by atoms with Crippen molar-refractivity contribution in [3.05, 3.63) is 101 Å². The molecule has 162 valence electrons. The van der Waals surface area contributed by atoms with Crippen molar-refractivity contribution in [2.45, 2.75) is 20.4 Å². The van der Waals surface area contributed by atoms with Crippen LogP contribution in [0, 0.1) is 19.7 Å². The Morgan fingerprint density at radius 3 is 2.47 bits per heavy atom. The minimum Gasteiger partial charge on any atom is -0.376 e. The Morgan fingerprint density at radius 2 is 1.72 bits per heavy atom. The van der Waals surface area contributed by atoms with Crippen LogP contribution < -0.4 is 10.7 Å². The second-order valence-corrected chi connectivity index (χ2v) is 7.74. The van der Waals surface area contributed by atoms with E-state index in [1.54, 1.807) is 18.3 Å². The largest absolute Gasteiger partial charge is 0.376 e. The molecule has 5 nitrogen and oxygen atoms in total. The SMILES string of the molecule is Cc1ccc(NCC(=O)N/N=C\c2c(C)n(Cc3ccc(F)cc3)c3ccccc23)cc1. The molecule has 0 unspecified atom stereocenters. The lowest BCUT2D eigenvalue weighted by Gasteiger charge is -2.09. The molecular formula is C26H25FN4O. The van der Waals surface area contributed by atoms with Crippen molar-refractivity contribution >= 4 is 28.7 Å². The number of nitrogens with zero attached hydrogens (tertiary/aromatic N) is 2. The zero-order valence-corrected chi connectivity index (χ0v) is 18.1. The first-order chi connectivity index (χ1) is 15.5. The monoisotopic (exact) mass is 428 g/mol. The Labute approximate surface area is 186 Å². The molecule has 0 saturated heterocycles. The van der Waals surface area contributed by atoms with Crippen LogP contribution in [0.1, 0.15) is 22.4 Å². The Morgan fingerprint density at radius 1 is 1.00 bits per heavy atom. The van der Waals surface area contributed by atoms with Crippen LogP contribution in [-0.2, 0) is 11.3 Å². The highest BCUT2D eigenvalue weighted by Gasteiger charge is 2.13. The number of rotatable bonds is 7. The standard InChI is InChI=1S/C26H25FN4O/c1-18-7-13-22(14-8-18)28-16-26(32)30-29-15-24-19(2)31(25-6-4-3-5-23(24)25)17-20-9-11-21(27)12-10-20/h3-15,28H,16-17H2,1-2H3,(H,30,32)/b29-15-. The summed E-state index contributed by atoms with van der Waals surface area (Å²) in [5.74, 6) is -0.474. The molecule has 1 amide bonds. The number of anilines is 1. The number of halogens is 1. The zero-order valence-electron chi connectivity index (χ0n) is 18.1. The molecule has 3 aromatic carbocycles. The van der Waals surface area contributed by atoms with E-state index in [0.29, 0.717) is 6.54 Å². The van der Waals surface area contributed by atoms with Gasteiger partial charge in [-0.15, -0.1) is 0 Å². The number of carbonyl (C=O) groups is 1. The number of fused-ring (bicyclic) bond motifs is 1. The van der Waals surface area contributed by atoms with Gasteiger partial charge in [0.15, 0.2) is 0 Å². The fourth-order valence-electron chi connectivity index (χ4n) is 3.66. The molecule has 0 fully saturated rings. The molecule has 0 saturated carbocycles. The summed E-state index contributed by atoms with van der Waals surface area (Å²) in [5, 5.41) is 8.31. The number of hydrogen-bond donors (Lipinski definition) is 2. The number of nitrogens with one attached hydrogen (secondary N) is 2. The van der Waals surface area contributed by atoms with Gasteiger partial charge in [-0.05, 0) is 49.7 Å². The van der Waals surface area contributed by atoms with Crippen molar-refractivity contribution in [3.63, 3.8) is 0 Å². The van der Waals surface area contributed by atoms with E-state index >= 15 is 0 Å². The summed E-state index contributed by atoms with van der Waals surface area (Å²) in [7, 11) is 0. The van der Waals surface area contributed by atoms with Crippen LogP contribution in [0.25, 0.3) is 10.9 Å². The Kier molecular flexibility index (Phi) is 6.31. The van der Waals surface area contributed by atoms with Gasteiger partial charge in [-0.1, -0.05) is 48.0 Å². The van der Waals surface area contributed by atoms with Crippen LogP contribution in [0.15, 0.2) is 77.9 Å². The molecule has 6 heteroatoms. The second-order valence-electron chi connectivity index (χ2n) is 7.74. The van der Waals surface area contributed by atoms with E-state index in [4.69, 9.17) is 0 Å². The molecule has 4 aromatic rings. The smallest absolute Gasteiger partial charge is 0.259 e. The van der Waals surface area contributed by atoms with Crippen LogP contribution in [-0.4, -0.2) is 23.2 Å². The van der Waals surface area contributed by atoms with Crippen LogP contribution in [0.5, 0.6) is 0 Å². The van der Waals surface area contributed by atoms with Crippen LogP contribution >= 0.6 is 0 Å². The minimum atomic E-state index is -0.247. The van der Waals surface area contributed by atoms with Crippen molar-refractivity contribution in [1.29, 1.82) is 0 Å². The van der Waals surface area contributed by atoms with Gasteiger partial charge >= 0.3 is 0 Å². The highest BCUT2D eigenvalue weighted by molar-refractivity contribution is 6.01. The van der Waals surface area contributed by atoms with E-state index in [0.717, 1.165) is 33.4 Å². The Hall–Kier alpha value is -3.93. The van der Waals surface area contributed by atoms with E-state index in [1.165, 1.54) is 17.7 Å². The van der Waals surface area contributed by atoms with Gasteiger partial charge in [-0.2, -0.15) is 5.10 Å². The minimum absolute atomic E-state index is 0.131. The lowest BCUT2D eigenvalue weighted by Crippen LogP contribution is -2.25. The topological polar surface area (TPSA) is 58.4 Å². The molecule has 0 bridgehead atoms. The number of amides is 1. The lowest BCUT2D eigenvalue weighted by molar-refractivity contribution is -0.119. The molecule has 32 heavy (non-hydrogen) atoms. The number of para-hydroxylation sites is 1. The molecule has 4 rings (SSSR count). The summed E-state index contributed by atoms with van der Waals surface area (Å²) in [6.07, 6.45) is 1.68. The maximum atomic E-state index is 13.3. The van der Waals surface area contributed by atoms with Crippen molar-refractivity contribution < 1.29 is 9.18 Å². The number of benzene rings is 3. The fraction of sp³-hybridized carbons (Fsp3) is 0.154. The first kappa shape index (κ1) is 21.3. The van der Waals surface area contributed by atoms with Gasteiger partial charge in [0.2, 0.25) is 0 Å². The third-order valence-corrected chi connectivity index (χ3v) is 5.42. The lowest BCUT2D eigenvalue weighted by atomic mass is 10.1. The number of hydrazone groups is 1. The molecule has 1 heterocycles. The van der Waals surface area contributed by atoms with Gasteiger partial charge in [0.05, 0.1) is 12.8 Å². The first-order valence-corrected chi connectivity index (χ1v) is 10.5. The third kappa shape index (κ3) is 4.86. The molecule has 1 aromatic heterocycles. The molecule has 0 aliphatic carbocycles. The van der Waals surface area contributed by atoms with E-state index in [1.807, 2.05) is 62.4 Å². The predicted octanol–water partition coefficient (Wildman–Crippen LogP) is 5.01. The number of aromatic nitrogens is 1. The summed E-state index contributed by atoms with van der Waals surface area (Å²) >= 11 is 0. The van der Waals surface area contributed by atoms with E-state index in [-0.39, 0.29) is 18.3 Å². The van der Waals surface area contributed by atoms with Crippen molar-refractivity contribution in [2.75, 3.05) is 11.9 Å². The summed E-state index contributed by atoms with van der Waals surface area (Å²) in [4.78, 5) is 12.2. The van der Waals surface area contributed by atoms with Crippen LogP contribution in [0.2, 0.25) is 0 Å². The van der Waals surface area contributed by atoms with Gasteiger partial charge in [0, 0.05) is 34.4 Å². The predicted molar refractivity (Wildman–Crippen MR) is 128 cm³/mol. The van der Waals surface area contributed by atoms with E-state index in [2.05, 4.69) is 20.4 Å². The van der Waals surface area contributed by atoms with Gasteiger partial charge in [-0.3, -0.25) is 4.79 Å². The van der Waals surface area contributed by atoms with Gasteiger partial charge in [0.25, 0.3) is 5.91 Å². The third-order valence-electron chi connectivity index (χ3n) is 5.42. The highest BCUT2D eigenvalue weighted by Crippen LogP contribution is 2.25. The summed E-state index contributed by atoms with van der Waals surface area (Å²) in [6, 6.07) is 22.4. The molecule has 0 atom stereocenters. The van der Waals surface area contributed by atoms with Gasteiger partial charge in [0.1, 0.15) is 5.82 Å². The number of aryl methyl sites for hydroxylation is 1. The maximum absolute atomic E-state index is 13.3. The second kappa shape index (κ2) is 9.47. The van der Waals surface area contributed by atoms with Gasteiger partial charge < -0.3 is 9.88 Å². The van der Waals surface area contributed by atoms with Gasteiger partial charge in [-0.25, -0.2) is 9.82 Å². The first-order valence-electron chi connectivity index (χ1n) is 10.5. The maximum Gasteiger partial charge on any atom is 0.259 e. The quantitative estimate of drug-likeness (QED) is 0.321. The molecule has 0 radical (unpaired) electrons. The Bertz CT molecular complexity index is 1260. The normalized spacial score (nSPS) is 11.2. The van der Waals surface area contributed by atoms with E-state index < -0.39 is 0 Å². The molecule has 0 spiro atoms. The van der Waals surface area contributed by atoms with Crippen LogP contribution in [0.4, 0.5) is 10.1 Å². The summed E-state index contributed by atoms with van der Waals surface area (Å²) < 4.78 is 15.4. The molecule has 0 aliphatic rings. The highest BCUT2D eigenvalue weighted by atomic mass is 19.1. The van der Waals surface area contributed by atoms with Crippen molar-refractivity contribution in [2.24, 2.45) is 5.10 Å². The average molecular weight is 429 g/mol. The van der Waals surface area contributed by atoms with Crippen LogP contribution in [0.3, 0.4) is 0 Å². The summed E-state index contributed by atoms with van der Waals surface area (Å²) in [5.41, 5.74) is 8.66. The number of hydrogen-bond acceptors (Lipinski definition) is 3. The Balaban J connectivity index is 1.48. The fourth-order valence-corrected chi connectivity index (χ4v) is 3.66.